The first kappa shape index (κ1) is 16.6. The van der Waals surface area contributed by atoms with Crippen molar-refractivity contribution in [3.8, 4) is 5.69 Å². The minimum atomic E-state index is -0.277. The molecule has 1 aromatic heterocycles. The summed E-state index contributed by atoms with van der Waals surface area (Å²) in [4.78, 5) is 0. The van der Waals surface area contributed by atoms with Gasteiger partial charge in [-0.15, -0.1) is 0 Å². The van der Waals surface area contributed by atoms with E-state index in [0.29, 0.717) is 5.69 Å². The molecule has 0 radical (unpaired) electrons. The molecule has 0 unspecified atom stereocenters. The van der Waals surface area contributed by atoms with Crippen LogP contribution in [0.2, 0.25) is 0 Å². The molecule has 0 aliphatic carbocycles. The Balaban J connectivity index is 1.63. The van der Waals surface area contributed by atoms with E-state index in [1.54, 1.807) is 12.1 Å². The van der Waals surface area contributed by atoms with Crippen molar-refractivity contribution in [3.63, 3.8) is 0 Å². The fraction of sp³-hybridized carbons (Fsp3) is 0.0400. The molecule has 0 saturated heterocycles. The van der Waals surface area contributed by atoms with Gasteiger partial charge in [0.1, 0.15) is 5.82 Å². The molecule has 5 rings (SSSR count). The summed E-state index contributed by atoms with van der Waals surface area (Å²) in [6.07, 6.45) is 0. The average Bonchev–Trinajstić information content (AvgIpc) is 3.04. The highest BCUT2D eigenvalue weighted by atomic mass is 19.1. The molecule has 0 fully saturated rings. The van der Waals surface area contributed by atoms with Gasteiger partial charge in [-0.2, -0.15) is 0 Å². The van der Waals surface area contributed by atoms with Crippen molar-refractivity contribution in [2.24, 2.45) is 0 Å². The van der Waals surface area contributed by atoms with Gasteiger partial charge in [-0.25, -0.2) is 4.39 Å². The maximum atomic E-state index is 15.0. The van der Waals surface area contributed by atoms with Crippen molar-refractivity contribution in [1.29, 1.82) is 0 Å². The number of benzene rings is 4. The Bertz CT molecular complexity index is 1260. The number of aryl methyl sites for hydroxylation is 1. The SMILES string of the molecule is Cc1cccc(Nc2ccc(-n3c4ccccc4c4ccccc43)cc2F)c1. The van der Waals surface area contributed by atoms with Gasteiger partial charge < -0.3 is 9.88 Å². The van der Waals surface area contributed by atoms with E-state index in [4.69, 9.17) is 0 Å². The maximum absolute atomic E-state index is 15.0. The second-order valence-electron chi connectivity index (χ2n) is 7.03. The quantitative estimate of drug-likeness (QED) is 0.365. The van der Waals surface area contributed by atoms with Crippen LogP contribution in [-0.4, -0.2) is 4.57 Å². The second-order valence-corrected chi connectivity index (χ2v) is 7.03. The average molecular weight is 366 g/mol. The molecule has 28 heavy (non-hydrogen) atoms. The topological polar surface area (TPSA) is 17.0 Å². The third-order valence-corrected chi connectivity index (χ3v) is 5.09. The van der Waals surface area contributed by atoms with Gasteiger partial charge in [0.2, 0.25) is 0 Å². The normalized spacial score (nSPS) is 11.2. The van der Waals surface area contributed by atoms with Crippen molar-refractivity contribution in [3.05, 3.63) is 102 Å². The molecule has 1 heterocycles. The van der Waals surface area contributed by atoms with Crippen LogP contribution in [0.4, 0.5) is 15.8 Å². The van der Waals surface area contributed by atoms with Gasteiger partial charge in [0.15, 0.2) is 0 Å². The number of para-hydroxylation sites is 2. The van der Waals surface area contributed by atoms with Gasteiger partial charge in [-0.3, -0.25) is 0 Å². The monoisotopic (exact) mass is 366 g/mol. The first-order valence-electron chi connectivity index (χ1n) is 9.32. The third kappa shape index (κ3) is 2.72. The summed E-state index contributed by atoms with van der Waals surface area (Å²) in [7, 11) is 0. The molecule has 1 N–H and O–H groups in total. The minimum Gasteiger partial charge on any atom is -0.353 e. The zero-order valence-corrected chi connectivity index (χ0v) is 15.5. The third-order valence-electron chi connectivity index (χ3n) is 5.09. The zero-order chi connectivity index (χ0) is 19.1. The predicted molar refractivity (Wildman–Crippen MR) is 115 cm³/mol. The number of nitrogens with one attached hydrogen (secondary N) is 1. The van der Waals surface area contributed by atoms with Gasteiger partial charge in [-0.1, -0.05) is 48.5 Å². The molecule has 136 valence electrons. The van der Waals surface area contributed by atoms with Crippen molar-refractivity contribution in [2.75, 3.05) is 5.32 Å². The van der Waals surface area contributed by atoms with Gasteiger partial charge in [0, 0.05) is 28.2 Å². The molecule has 0 atom stereocenters. The van der Waals surface area contributed by atoms with E-state index in [9.17, 15) is 4.39 Å². The standard InChI is InChI=1S/C25H19FN2/c1-17-7-6-8-18(15-17)27-23-14-13-19(16-22(23)26)28-24-11-4-2-9-20(24)21-10-3-5-12-25(21)28/h2-16,27H,1H3. The van der Waals surface area contributed by atoms with Crippen molar-refractivity contribution >= 4 is 33.2 Å². The van der Waals surface area contributed by atoms with Crippen molar-refractivity contribution in [2.45, 2.75) is 6.92 Å². The summed E-state index contributed by atoms with van der Waals surface area (Å²) < 4.78 is 17.1. The van der Waals surface area contributed by atoms with Crippen LogP contribution in [-0.2, 0) is 0 Å². The number of aromatic nitrogens is 1. The van der Waals surface area contributed by atoms with E-state index < -0.39 is 0 Å². The molecule has 3 heteroatoms. The van der Waals surface area contributed by atoms with Crippen molar-refractivity contribution in [1.82, 2.24) is 4.57 Å². The molecule has 0 aliphatic rings. The molecule has 0 bridgehead atoms. The van der Waals surface area contributed by atoms with E-state index in [0.717, 1.165) is 28.0 Å². The van der Waals surface area contributed by atoms with Gasteiger partial charge in [0.05, 0.1) is 16.7 Å². The Kier molecular flexibility index (Phi) is 3.87. The second kappa shape index (κ2) is 6.54. The van der Waals surface area contributed by atoms with Crippen LogP contribution in [0.1, 0.15) is 5.56 Å². The Labute approximate surface area is 162 Å². The minimum absolute atomic E-state index is 0.277. The summed E-state index contributed by atoms with van der Waals surface area (Å²) >= 11 is 0. The highest BCUT2D eigenvalue weighted by Gasteiger charge is 2.13. The van der Waals surface area contributed by atoms with Crippen LogP contribution < -0.4 is 5.32 Å². The fourth-order valence-corrected chi connectivity index (χ4v) is 3.82. The Morgan fingerprint density at radius 2 is 1.39 bits per heavy atom. The molecular weight excluding hydrogens is 347 g/mol. The highest BCUT2D eigenvalue weighted by Crippen LogP contribution is 2.33. The molecular formula is C25H19FN2. The number of halogens is 1. The summed E-state index contributed by atoms with van der Waals surface area (Å²) in [5.41, 5.74) is 5.43. The van der Waals surface area contributed by atoms with E-state index >= 15 is 0 Å². The number of hydrogen-bond acceptors (Lipinski definition) is 1. The maximum Gasteiger partial charge on any atom is 0.148 e. The lowest BCUT2D eigenvalue weighted by molar-refractivity contribution is 0.631. The van der Waals surface area contributed by atoms with Gasteiger partial charge >= 0.3 is 0 Å². The largest absolute Gasteiger partial charge is 0.353 e. The Morgan fingerprint density at radius 1 is 0.714 bits per heavy atom. The van der Waals surface area contributed by atoms with E-state index in [2.05, 4.69) is 34.1 Å². The summed E-state index contributed by atoms with van der Waals surface area (Å²) in [5, 5.41) is 5.51. The van der Waals surface area contributed by atoms with Crippen LogP contribution in [0.3, 0.4) is 0 Å². The first-order chi connectivity index (χ1) is 13.7. The molecule has 0 saturated carbocycles. The lowest BCUT2D eigenvalue weighted by Crippen LogP contribution is -1.98. The van der Waals surface area contributed by atoms with Crippen LogP contribution in [0.5, 0.6) is 0 Å². The Morgan fingerprint density at radius 3 is 2.04 bits per heavy atom. The van der Waals surface area contributed by atoms with Crippen LogP contribution in [0, 0.1) is 12.7 Å². The fourth-order valence-electron chi connectivity index (χ4n) is 3.82. The first-order valence-corrected chi connectivity index (χ1v) is 9.32. The highest BCUT2D eigenvalue weighted by molar-refractivity contribution is 6.09. The van der Waals surface area contributed by atoms with E-state index in [-0.39, 0.29) is 5.82 Å². The van der Waals surface area contributed by atoms with Crippen LogP contribution in [0.25, 0.3) is 27.5 Å². The number of rotatable bonds is 3. The molecule has 0 amide bonds. The molecule has 5 aromatic rings. The number of hydrogen-bond donors (Lipinski definition) is 1. The van der Waals surface area contributed by atoms with Gasteiger partial charge in [-0.05, 0) is 48.9 Å². The number of nitrogens with zero attached hydrogens (tertiary/aromatic N) is 1. The summed E-state index contributed by atoms with van der Waals surface area (Å²) in [5.74, 6) is -0.277. The van der Waals surface area contributed by atoms with E-state index in [1.165, 1.54) is 10.8 Å². The summed E-state index contributed by atoms with van der Waals surface area (Å²) in [6.45, 7) is 2.02. The van der Waals surface area contributed by atoms with Crippen LogP contribution in [0.15, 0.2) is 91.0 Å². The molecule has 0 aliphatic heterocycles. The van der Waals surface area contributed by atoms with Gasteiger partial charge in [0.25, 0.3) is 0 Å². The Hall–Kier alpha value is -3.59. The van der Waals surface area contributed by atoms with E-state index in [1.807, 2.05) is 61.5 Å². The van der Waals surface area contributed by atoms with Crippen molar-refractivity contribution < 1.29 is 4.39 Å². The predicted octanol–water partition coefficient (Wildman–Crippen LogP) is 6.97. The summed E-state index contributed by atoms with van der Waals surface area (Å²) in [6, 6.07) is 29.7. The lowest BCUT2D eigenvalue weighted by atomic mass is 10.2. The number of fused-ring (bicyclic) bond motifs is 3. The zero-order valence-electron chi connectivity index (χ0n) is 15.5. The smallest absolute Gasteiger partial charge is 0.148 e. The lowest BCUT2D eigenvalue weighted by Gasteiger charge is -2.12. The van der Waals surface area contributed by atoms with Crippen LogP contribution >= 0.6 is 0 Å². The molecule has 0 spiro atoms. The molecule has 4 aromatic carbocycles. The number of anilines is 2. The molecule has 2 nitrogen and oxygen atoms in total.